The summed E-state index contributed by atoms with van der Waals surface area (Å²) in [7, 11) is 0. The largest absolute Gasteiger partial charge is 0.456 e. The van der Waals surface area contributed by atoms with Gasteiger partial charge in [0.2, 0.25) is 0 Å². The molecule has 218 valence electrons. The van der Waals surface area contributed by atoms with Crippen LogP contribution in [0.15, 0.2) is 150 Å². The summed E-state index contributed by atoms with van der Waals surface area (Å²) in [6.07, 6.45) is 3.59. The van der Waals surface area contributed by atoms with E-state index in [0.29, 0.717) is 17.5 Å². The molecular formula is C42H24N4O. The van der Waals surface area contributed by atoms with Crippen molar-refractivity contribution in [2.75, 3.05) is 0 Å². The zero-order chi connectivity index (χ0) is 30.9. The Morgan fingerprint density at radius 3 is 1.89 bits per heavy atom. The Bertz CT molecular complexity index is 2870. The fourth-order valence-corrected chi connectivity index (χ4v) is 6.91. The van der Waals surface area contributed by atoms with Gasteiger partial charge in [-0.1, -0.05) is 109 Å². The molecular weight excluding hydrogens is 576 g/mol. The SMILES string of the molecule is c1ccc2cc(-c3nc(-c4ccc5c(ccc6c7ccccc7ccc56)c4)nc(-c4cccc5oc6ccncc6c45)n3)ccc2c1. The van der Waals surface area contributed by atoms with Crippen LogP contribution in [0.1, 0.15) is 0 Å². The van der Waals surface area contributed by atoms with Crippen molar-refractivity contribution >= 4 is 65.0 Å². The van der Waals surface area contributed by atoms with Crippen molar-refractivity contribution in [2.24, 2.45) is 0 Å². The van der Waals surface area contributed by atoms with E-state index in [1.54, 1.807) is 6.20 Å². The van der Waals surface area contributed by atoms with Gasteiger partial charge in [0.15, 0.2) is 17.5 Å². The molecule has 0 saturated heterocycles. The van der Waals surface area contributed by atoms with Crippen LogP contribution in [0.2, 0.25) is 0 Å². The molecule has 0 aliphatic rings. The highest BCUT2D eigenvalue weighted by atomic mass is 16.3. The average Bonchev–Trinajstić information content (AvgIpc) is 3.53. The van der Waals surface area contributed by atoms with Crippen LogP contribution in [0.3, 0.4) is 0 Å². The molecule has 10 aromatic rings. The molecule has 5 heteroatoms. The Morgan fingerprint density at radius 2 is 1.04 bits per heavy atom. The van der Waals surface area contributed by atoms with Crippen LogP contribution in [0.4, 0.5) is 0 Å². The van der Waals surface area contributed by atoms with Gasteiger partial charge in [0.05, 0.1) is 0 Å². The lowest BCUT2D eigenvalue weighted by Gasteiger charge is -2.11. The highest BCUT2D eigenvalue weighted by Gasteiger charge is 2.18. The number of hydrogen-bond acceptors (Lipinski definition) is 5. The van der Waals surface area contributed by atoms with Crippen molar-refractivity contribution in [3.63, 3.8) is 0 Å². The lowest BCUT2D eigenvalue weighted by Crippen LogP contribution is -2.00. The Labute approximate surface area is 268 Å². The maximum absolute atomic E-state index is 6.19. The molecule has 0 aliphatic heterocycles. The number of hydrogen-bond donors (Lipinski definition) is 0. The van der Waals surface area contributed by atoms with Gasteiger partial charge in [-0.2, -0.15) is 0 Å². The molecule has 3 aromatic heterocycles. The Hall–Kier alpha value is -6.46. The number of rotatable bonds is 3. The second kappa shape index (κ2) is 10.0. The summed E-state index contributed by atoms with van der Waals surface area (Å²) >= 11 is 0. The highest BCUT2D eigenvalue weighted by Crippen LogP contribution is 2.37. The summed E-state index contributed by atoms with van der Waals surface area (Å²) in [5.41, 5.74) is 4.27. The van der Waals surface area contributed by atoms with Gasteiger partial charge < -0.3 is 4.42 Å². The molecule has 0 fully saturated rings. The molecule has 0 unspecified atom stereocenters. The van der Waals surface area contributed by atoms with E-state index in [0.717, 1.165) is 49.4 Å². The third kappa shape index (κ3) is 4.10. The van der Waals surface area contributed by atoms with Crippen molar-refractivity contribution in [2.45, 2.75) is 0 Å². The van der Waals surface area contributed by atoms with E-state index >= 15 is 0 Å². The van der Waals surface area contributed by atoms with Crippen molar-refractivity contribution in [3.05, 3.63) is 146 Å². The monoisotopic (exact) mass is 600 g/mol. The lowest BCUT2D eigenvalue weighted by atomic mass is 9.96. The van der Waals surface area contributed by atoms with Crippen LogP contribution in [0.5, 0.6) is 0 Å². The maximum atomic E-state index is 6.19. The molecule has 0 radical (unpaired) electrons. The molecule has 10 rings (SSSR count). The fourth-order valence-electron chi connectivity index (χ4n) is 6.91. The van der Waals surface area contributed by atoms with Crippen LogP contribution in [-0.2, 0) is 0 Å². The van der Waals surface area contributed by atoms with E-state index in [2.05, 4.69) is 114 Å². The maximum Gasteiger partial charge on any atom is 0.164 e. The third-order valence-electron chi connectivity index (χ3n) is 9.18. The van der Waals surface area contributed by atoms with Gasteiger partial charge in [0.1, 0.15) is 11.2 Å². The zero-order valence-corrected chi connectivity index (χ0v) is 25.1. The molecule has 0 aliphatic carbocycles. The van der Waals surface area contributed by atoms with E-state index < -0.39 is 0 Å². The van der Waals surface area contributed by atoms with Crippen LogP contribution in [-0.4, -0.2) is 19.9 Å². The van der Waals surface area contributed by atoms with Crippen molar-refractivity contribution < 1.29 is 4.42 Å². The van der Waals surface area contributed by atoms with E-state index in [9.17, 15) is 0 Å². The first-order valence-corrected chi connectivity index (χ1v) is 15.6. The minimum atomic E-state index is 0.584. The zero-order valence-electron chi connectivity index (χ0n) is 25.1. The normalized spacial score (nSPS) is 11.8. The first kappa shape index (κ1) is 25.8. The number of fused-ring (bicyclic) bond motifs is 9. The minimum Gasteiger partial charge on any atom is -0.456 e. The van der Waals surface area contributed by atoms with E-state index in [4.69, 9.17) is 19.4 Å². The van der Waals surface area contributed by atoms with Crippen LogP contribution in [0.25, 0.3) is 99.2 Å². The molecule has 0 saturated carbocycles. The van der Waals surface area contributed by atoms with Crippen molar-refractivity contribution in [1.82, 2.24) is 19.9 Å². The van der Waals surface area contributed by atoms with E-state index in [1.165, 1.54) is 32.3 Å². The van der Waals surface area contributed by atoms with Gasteiger partial charge in [0, 0.05) is 39.9 Å². The third-order valence-corrected chi connectivity index (χ3v) is 9.18. The number of furan rings is 1. The van der Waals surface area contributed by atoms with Gasteiger partial charge in [-0.05, 0) is 67.4 Å². The molecule has 5 nitrogen and oxygen atoms in total. The topological polar surface area (TPSA) is 64.7 Å². The Morgan fingerprint density at radius 1 is 0.404 bits per heavy atom. The summed E-state index contributed by atoms with van der Waals surface area (Å²) in [5.74, 6) is 1.81. The summed E-state index contributed by atoms with van der Waals surface area (Å²) in [4.78, 5) is 19.7. The van der Waals surface area contributed by atoms with Gasteiger partial charge >= 0.3 is 0 Å². The van der Waals surface area contributed by atoms with Gasteiger partial charge in [-0.25, -0.2) is 15.0 Å². The summed E-state index contributed by atoms with van der Waals surface area (Å²) < 4.78 is 6.19. The molecule has 7 aromatic carbocycles. The summed E-state index contributed by atoms with van der Waals surface area (Å²) in [5, 5.41) is 11.5. The first-order chi connectivity index (χ1) is 23.3. The molecule has 0 atom stereocenters. The van der Waals surface area contributed by atoms with Crippen LogP contribution >= 0.6 is 0 Å². The van der Waals surface area contributed by atoms with Crippen molar-refractivity contribution in [3.8, 4) is 34.2 Å². The van der Waals surface area contributed by atoms with Crippen molar-refractivity contribution in [1.29, 1.82) is 0 Å². The van der Waals surface area contributed by atoms with Gasteiger partial charge in [-0.3, -0.25) is 4.98 Å². The molecule has 3 heterocycles. The number of benzene rings is 7. The molecule has 0 amide bonds. The van der Waals surface area contributed by atoms with Crippen LogP contribution < -0.4 is 0 Å². The number of pyridine rings is 1. The molecule has 0 spiro atoms. The molecule has 0 bridgehead atoms. The average molecular weight is 601 g/mol. The fraction of sp³-hybridized carbons (Fsp3) is 0. The predicted molar refractivity (Wildman–Crippen MR) is 191 cm³/mol. The van der Waals surface area contributed by atoms with Crippen LogP contribution in [0, 0.1) is 0 Å². The highest BCUT2D eigenvalue weighted by molar-refractivity contribution is 6.17. The quantitative estimate of drug-likeness (QED) is 0.189. The number of nitrogens with zero attached hydrogens (tertiary/aromatic N) is 4. The lowest BCUT2D eigenvalue weighted by molar-refractivity contribution is 0.668. The van der Waals surface area contributed by atoms with E-state index in [-0.39, 0.29) is 0 Å². The van der Waals surface area contributed by atoms with Gasteiger partial charge in [-0.15, -0.1) is 0 Å². The van der Waals surface area contributed by atoms with Gasteiger partial charge in [0.25, 0.3) is 0 Å². The predicted octanol–water partition coefficient (Wildman–Crippen LogP) is 10.8. The standard InChI is InChI=1S/C42H24N4O/c1-2-8-27-22-29(13-12-25(27)6-1)40-44-41(46-42(45-40)35-10-5-11-38-39(35)36-24-43-21-20-37(36)47-38)30-16-17-32-28(23-30)15-19-33-31-9-4-3-7-26(31)14-18-34(32)33/h1-24H. The van der Waals surface area contributed by atoms with E-state index in [1.807, 2.05) is 30.5 Å². The smallest absolute Gasteiger partial charge is 0.164 e. The minimum absolute atomic E-state index is 0.584. The molecule has 47 heavy (non-hydrogen) atoms. The summed E-state index contributed by atoms with van der Waals surface area (Å²) in [6.45, 7) is 0. The first-order valence-electron chi connectivity index (χ1n) is 15.6. The Kier molecular flexibility index (Phi) is 5.51. The second-order valence-electron chi connectivity index (χ2n) is 11.9. The second-order valence-corrected chi connectivity index (χ2v) is 11.9. The summed E-state index contributed by atoms with van der Waals surface area (Å²) in [6, 6.07) is 46.5. The Balaban J connectivity index is 1.21. The molecule has 0 N–H and O–H groups in total. The number of aromatic nitrogens is 4.